The lowest BCUT2D eigenvalue weighted by molar-refractivity contribution is -0.180. The van der Waals surface area contributed by atoms with Gasteiger partial charge in [-0.05, 0) is 166 Å². The summed E-state index contributed by atoms with van der Waals surface area (Å²) in [4.78, 5) is 36.6. The molecule has 1 aromatic carbocycles. The van der Waals surface area contributed by atoms with Gasteiger partial charge in [-0.2, -0.15) is 0 Å². The molecule has 6 heteroatoms. The van der Waals surface area contributed by atoms with Crippen molar-refractivity contribution in [2.24, 2.45) is 46.3 Å². The summed E-state index contributed by atoms with van der Waals surface area (Å²) in [5, 5.41) is 20.0. The maximum absolute atomic E-state index is 12.8. The van der Waals surface area contributed by atoms with Gasteiger partial charge in [0.15, 0.2) is 17.2 Å². The standard InChI is InChI=1S/C23H30O4.C18H24O2/c1-13-11-21-20-7-5-16-12-17(26)6-8-18(16)19(20)9-10-22(21,4)23(13,14(2)24)27-15(3)25;1-18-9-8-14-13-5-3-12(19)10-11(13)2-4-15(14)16(18)6-7-17(18)20/h12,18-21H,1,5-11H2,2-4H3;3,5,10,14-17,19-20H,2,4,6-9H2,1H3/t18-,19+,20+,21-,22-,23-;14-,15-,16+,17+,18+/m01/s1. The van der Waals surface area contributed by atoms with Gasteiger partial charge in [0.2, 0.25) is 0 Å². The predicted octanol–water partition coefficient (Wildman–Crippen LogP) is 7.79. The molecule has 0 amide bonds. The van der Waals surface area contributed by atoms with Crippen LogP contribution in [0.15, 0.2) is 42.0 Å². The molecule has 2 N–H and O–H groups in total. The molecular weight excluding hydrogens is 588 g/mol. The van der Waals surface area contributed by atoms with Crippen molar-refractivity contribution in [1.82, 2.24) is 0 Å². The first-order valence-electron chi connectivity index (χ1n) is 18.4. The van der Waals surface area contributed by atoms with E-state index in [9.17, 15) is 24.6 Å². The highest BCUT2D eigenvalue weighted by Crippen LogP contribution is 2.67. The minimum Gasteiger partial charge on any atom is -0.508 e. The van der Waals surface area contributed by atoms with Crippen LogP contribution < -0.4 is 0 Å². The van der Waals surface area contributed by atoms with E-state index in [-0.39, 0.29) is 28.5 Å². The number of hydrogen-bond donors (Lipinski definition) is 2. The van der Waals surface area contributed by atoms with Crippen molar-refractivity contribution in [3.8, 4) is 5.75 Å². The number of aliphatic hydroxyl groups is 1. The van der Waals surface area contributed by atoms with Crippen molar-refractivity contribution < 1.29 is 29.3 Å². The lowest BCUT2D eigenvalue weighted by atomic mass is 9.50. The van der Waals surface area contributed by atoms with Gasteiger partial charge in [0, 0.05) is 18.8 Å². The number of carbonyl (C=O) groups excluding carboxylic acids is 3. The number of aliphatic hydroxyl groups excluding tert-OH is 1. The Labute approximate surface area is 280 Å². The fourth-order valence-corrected chi connectivity index (χ4v) is 12.8. The third kappa shape index (κ3) is 4.93. The number of benzene rings is 1. The number of aromatic hydroxyl groups is 1. The zero-order valence-corrected chi connectivity index (χ0v) is 28.9. The Morgan fingerprint density at radius 1 is 0.872 bits per heavy atom. The largest absolute Gasteiger partial charge is 0.508 e. The van der Waals surface area contributed by atoms with Gasteiger partial charge in [0.1, 0.15) is 5.75 Å². The number of phenols is 1. The van der Waals surface area contributed by atoms with E-state index in [0.29, 0.717) is 47.7 Å². The van der Waals surface area contributed by atoms with E-state index in [2.05, 4.69) is 26.5 Å². The monoisotopic (exact) mass is 642 g/mol. The van der Waals surface area contributed by atoms with Gasteiger partial charge in [-0.15, -0.1) is 0 Å². The van der Waals surface area contributed by atoms with E-state index < -0.39 is 11.6 Å². The zero-order chi connectivity index (χ0) is 33.5. The molecule has 7 aliphatic rings. The maximum atomic E-state index is 12.8. The lowest BCUT2D eigenvalue weighted by Crippen LogP contribution is -2.58. The second-order valence-electron chi connectivity index (χ2n) is 16.8. The van der Waals surface area contributed by atoms with E-state index in [1.807, 2.05) is 18.2 Å². The summed E-state index contributed by atoms with van der Waals surface area (Å²) in [5.41, 5.74) is 3.57. The highest BCUT2D eigenvalue weighted by atomic mass is 16.6. The molecule has 11 atom stereocenters. The molecule has 6 nitrogen and oxygen atoms in total. The minimum atomic E-state index is -1.17. The topological polar surface area (TPSA) is 101 Å². The molecule has 254 valence electrons. The van der Waals surface area contributed by atoms with Crippen molar-refractivity contribution >= 4 is 17.5 Å². The summed E-state index contributed by atoms with van der Waals surface area (Å²) in [7, 11) is 0. The quantitative estimate of drug-likeness (QED) is 0.252. The van der Waals surface area contributed by atoms with Gasteiger partial charge in [0.05, 0.1) is 6.10 Å². The predicted molar refractivity (Wildman–Crippen MR) is 181 cm³/mol. The fourth-order valence-electron chi connectivity index (χ4n) is 12.8. The highest BCUT2D eigenvalue weighted by molar-refractivity contribution is 5.93. The minimum absolute atomic E-state index is 0.0883. The third-order valence-corrected chi connectivity index (χ3v) is 14.9. The molecule has 8 rings (SSSR count). The number of ketones is 2. The van der Waals surface area contributed by atoms with Crippen LogP contribution in [0.25, 0.3) is 0 Å². The normalized spacial score (nSPS) is 43.0. The second kappa shape index (κ2) is 11.7. The molecule has 5 saturated carbocycles. The molecule has 0 saturated heterocycles. The zero-order valence-electron chi connectivity index (χ0n) is 28.9. The first-order valence-corrected chi connectivity index (χ1v) is 18.4. The van der Waals surface area contributed by atoms with Gasteiger partial charge in [0.25, 0.3) is 0 Å². The average molecular weight is 643 g/mol. The number of allylic oxidation sites excluding steroid dienone is 1. The number of carbonyl (C=O) groups is 3. The van der Waals surface area contributed by atoms with Crippen LogP contribution in [-0.2, 0) is 25.5 Å². The van der Waals surface area contributed by atoms with Crippen LogP contribution in [0.3, 0.4) is 0 Å². The first-order chi connectivity index (χ1) is 22.3. The first kappa shape index (κ1) is 32.8. The Morgan fingerprint density at radius 3 is 2.38 bits per heavy atom. The van der Waals surface area contributed by atoms with Gasteiger partial charge >= 0.3 is 5.97 Å². The van der Waals surface area contributed by atoms with E-state index in [4.69, 9.17) is 4.74 Å². The summed E-state index contributed by atoms with van der Waals surface area (Å²) in [6, 6.07) is 5.96. The van der Waals surface area contributed by atoms with Crippen molar-refractivity contribution in [2.45, 2.75) is 129 Å². The molecule has 0 unspecified atom stereocenters. The summed E-state index contributed by atoms with van der Waals surface area (Å²) in [5.74, 6) is 4.17. The third-order valence-electron chi connectivity index (χ3n) is 14.9. The number of rotatable bonds is 2. The van der Waals surface area contributed by atoms with Crippen LogP contribution in [0, 0.1) is 46.3 Å². The molecule has 7 aliphatic carbocycles. The smallest absolute Gasteiger partial charge is 0.303 e. The van der Waals surface area contributed by atoms with Crippen molar-refractivity contribution in [1.29, 1.82) is 0 Å². The van der Waals surface area contributed by atoms with Gasteiger partial charge < -0.3 is 14.9 Å². The van der Waals surface area contributed by atoms with Crippen LogP contribution in [0.1, 0.15) is 122 Å². The van der Waals surface area contributed by atoms with Crippen molar-refractivity contribution in [3.05, 3.63) is 53.1 Å². The fraction of sp³-hybridized carbons (Fsp3) is 0.683. The average Bonchev–Trinajstić information content (AvgIpc) is 3.46. The number of fused-ring (bicyclic) bond motifs is 10. The SMILES string of the molecule is C=C1C[C@H]2[C@@H]3CCC4=CC(=O)CC[C@@H]4[C@H]3CC[C@]2(C)[C@@]1(OC(C)=O)C(C)=O.C[C@]12CC[C@@H]3c4ccc(O)cc4CC[C@H]3[C@@H]1CC[C@@H]2O. The summed E-state index contributed by atoms with van der Waals surface area (Å²) in [6.07, 6.45) is 15.0. The number of aryl methyl sites for hydroxylation is 1. The Kier molecular flexibility index (Phi) is 8.17. The van der Waals surface area contributed by atoms with Crippen LogP contribution in [0.4, 0.5) is 0 Å². The lowest BCUT2D eigenvalue weighted by Gasteiger charge is -2.55. The van der Waals surface area contributed by atoms with Crippen LogP contribution in [-0.4, -0.2) is 39.5 Å². The molecule has 1 aromatic rings. The molecule has 0 heterocycles. The summed E-state index contributed by atoms with van der Waals surface area (Å²) in [6.45, 7) is 11.6. The maximum Gasteiger partial charge on any atom is 0.303 e. The number of phenolic OH excluding ortho intramolecular Hbond substituents is 1. The van der Waals surface area contributed by atoms with Gasteiger partial charge in [-0.3, -0.25) is 14.4 Å². The molecule has 0 bridgehead atoms. The van der Waals surface area contributed by atoms with Crippen LogP contribution in [0.5, 0.6) is 5.75 Å². The van der Waals surface area contributed by atoms with Gasteiger partial charge in [-0.25, -0.2) is 0 Å². The number of hydrogen-bond acceptors (Lipinski definition) is 6. The van der Waals surface area contributed by atoms with Crippen LogP contribution >= 0.6 is 0 Å². The molecule has 47 heavy (non-hydrogen) atoms. The van der Waals surface area contributed by atoms with Gasteiger partial charge in [-0.1, -0.05) is 32.1 Å². The Balaban J connectivity index is 0.000000156. The molecule has 0 spiro atoms. The van der Waals surface area contributed by atoms with E-state index >= 15 is 0 Å². The molecular formula is C41H54O6. The highest BCUT2D eigenvalue weighted by Gasteiger charge is 2.68. The van der Waals surface area contributed by atoms with Crippen molar-refractivity contribution in [3.63, 3.8) is 0 Å². The Hall–Kier alpha value is -2.73. The van der Waals surface area contributed by atoms with E-state index in [1.54, 1.807) is 6.92 Å². The number of ether oxygens (including phenoxy) is 1. The Bertz CT molecular complexity index is 1520. The van der Waals surface area contributed by atoms with Crippen molar-refractivity contribution in [2.75, 3.05) is 0 Å². The second-order valence-corrected chi connectivity index (χ2v) is 16.8. The number of Topliss-reactive ketones (excluding diaryl/α,β-unsaturated/α-hetero) is 1. The van der Waals surface area contributed by atoms with E-state index in [0.717, 1.165) is 69.3 Å². The van der Waals surface area contributed by atoms with E-state index in [1.165, 1.54) is 42.9 Å². The molecule has 0 aliphatic heterocycles. The molecule has 0 aromatic heterocycles. The molecule has 0 radical (unpaired) electrons. The molecule has 5 fully saturated rings. The summed E-state index contributed by atoms with van der Waals surface area (Å²) < 4.78 is 5.80. The summed E-state index contributed by atoms with van der Waals surface area (Å²) >= 11 is 0. The Morgan fingerprint density at radius 2 is 1.64 bits per heavy atom. The van der Waals surface area contributed by atoms with Crippen LogP contribution in [0.2, 0.25) is 0 Å². The number of esters is 1.